The van der Waals surface area contributed by atoms with Crippen molar-refractivity contribution in [2.24, 2.45) is 5.92 Å². The predicted octanol–water partition coefficient (Wildman–Crippen LogP) is 1.36. The molecule has 0 spiro atoms. The number of hydrogen-bond donors (Lipinski definition) is 1. The van der Waals surface area contributed by atoms with Gasteiger partial charge < -0.3 is 19.5 Å². The van der Waals surface area contributed by atoms with Gasteiger partial charge in [0, 0.05) is 25.6 Å². The van der Waals surface area contributed by atoms with Gasteiger partial charge in [-0.15, -0.1) is 5.10 Å². The Kier molecular flexibility index (Phi) is 12.3. The molecule has 0 fully saturated rings. The molecular weight excluding hydrogens is 364 g/mol. The number of aryl methyl sites for hydroxylation is 1. The molecule has 0 aliphatic heterocycles. The second kappa shape index (κ2) is 14.2. The van der Waals surface area contributed by atoms with Crippen LogP contribution in [-0.4, -0.2) is 65.8 Å². The van der Waals surface area contributed by atoms with Crippen LogP contribution in [0.1, 0.15) is 46.2 Å². The molecule has 0 radical (unpaired) electrons. The van der Waals surface area contributed by atoms with E-state index in [-0.39, 0.29) is 30.9 Å². The van der Waals surface area contributed by atoms with Crippen molar-refractivity contribution in [1.29, 1.82) is 0 Å². The average Bonchev–Trinajstić information content (AvgIpc) is 3.04. The van der Waals surface area contributed by atoms with Crippen LogP contribution in [-0.2, 0) is 37.0 Å². The molecule has 0 bridgehead atoms. The molecule has 0 saturated heterocycles. The van der Waals surface area contributed by atoms with Crippen LogP contribution in [0.15, 0.2) is 6.20 Å². The van der Waals surface area contributed by atoms with Gasteiger partial charge >= 0.3 is 0 Å². The summed E-state index contributed by atoms with van der Waals surface area (Å²) in [6.45, 7) is 10.3. The number of carbonyl (C=O) groups is 2. The molecule has 0 aromatic carbocycles. The van der Waals surface area contributed by atoms with E-state index in [1.807, 2.05) is 33.9 Å². The number of ether oxygens (including phenoxy) is 3. The number of amides is 1. The molecule has 9 nitrogen and oxygen atoms in total. The maximum absolute atomic E-state index is 11.5. The first-order valence-electron chi connectivity index (χ1n) is 9.80. The van der Waals surface area contributed by atoms with Gasteiger partial charge in [0.25, 0.3) is 0 Å². The molecule has 9 heteroatoms. The Balaban J connectivity index is 2.04. The molecule has 160 valence electrons. The molecule has 0 atom stereocenters. The molecule has 1 aromatic rings. The summed E-state index contributed by atoms with van der Waals surface area (Å²) in [4.78, 5) is 22.9. The summed E-state index contributed by atoms with van der Waals surface area (Å²) in [5.74, 6) is 0.358. The first kappa shape index (κ1) is 24.2. The van der Waals surface area contributed by atoms with E-state index in [0.29, 0.717) is 45.3 Å². The topological polar surface area (TPSA) is 105 Å². The minimum absolute atomic E-state index is 0.0692. The molecule has 28 heavy (non-hydrogen) atoms. The number of rotatable bonds is 16. The highest BCUT2D eigenvalue weighted by Gasteiger charge is 2.06. The predicted molar refractivity (Wildman–Crippen MR) is 104 cm³/mol. The molecule has 1 heterocycles. The van der Waals surface area contributed by atoms with E-state index in [1.54, 1.807) is 4.68 Å². The van der Waals surface area contributed by atoms with Crippen molar-refractivity contribution in [3.8, 4) is 0 Å². The maximum atomic E-state index is 11.5. The van der Waals surface area contributed by atoms with E-state index < -0.39 is 0 Å². The molecule has 0 aliphatic carbocycles. The van der Waals surface area contributed by atoms with E-state index in [9.17, 15) is 9.59 Å². The lowest BCUT2D eigenvalue weighted by Gasteiger charge is -2.08. The van der Waals surface area contributed by atoms with Crippen molar-refractivity contribution in [3.05, 3.63) is 11.9 Å². The molecule has 1 N–H and O–H groups in total. The van der Waals surface area contributed by atoms with Crippen LogP contribution in [0.5, 0.6) is 0 Å². The zero-order valence-electron chi connectivity index (χ0n) is 17.5. The Morgan fingerprint density at radius 2 is 1.79 bits per heavy atom. The molecule has 1 rings (SSSR count). The summed E-state index contributed by atoms with van der Waals surface area (Å²) in [6, 6.07) is 0.116. The van der Waals surface area contributed by atoms with E-state index in [4.69, 9.17) is 14.2 Å². The standard InChI is InChI=1S/C19H34N4O5/c1-15(2)10-18(24)13-28-9-8-27-12-17-11-23(22-21-17)6-5-7-26-14-19(25)20-16(3)4/h11,15-16H,5-10,12-14H2,1-4H3,(H,20,25). The van der Waals surface area contributed by atoms with Gasteiger partial charge in [-0.05, 0) is 26.2 Å². The second-order valence-corrected chi connectivity index (χ2v) is 7.34. The van der Waals surface area contributed by atoms with Gasteiger partial charge in [0.1, 0.15) is 18.9 Å². The Morgan fingerprint density at radius 1 is 1.07 bits per heavy atom. The molecule has 1 amide bonds. The van der Waals surface area contributed by atoms with Gasteiger partial charge in [0.15, 0.2) is 5.78 Å². The second-order valence-electron chi connectivity index (χ2n) is 7.34. The van der Waals surface area contributed by atoms with Gasteiger partial charge in [0.2, 0.25) is 5.91 Å². The van der Waals surface area contributed by atoms with E-state index in [2.05, 4.69) is 15.6 Å². The van der Waals surface area contributed by atoms with Gasteiger partial charge in [0.05, 0.1) is 26.0 Å². The van der Waals surface area contributed by atoms with Crippen LogP contribution in [0.4, 0.5) is 0 Å². The molecular formula is C19H34N4O5. The summed E-state index contributed by atoms with van der Waals surface area (Å²) in [7, 11) is 0. The van der Waals surface area contributed by atoms with Gasteiger partial charge in [-0.2, -0.15) is 0 Å². The highest BCUT2D eigenvalue weighted by molar-refractivity contribution is 5.79. The number of hydrogen-bond acceptors (Lipinski definition) is 7. The summed E-state index contributed by atoms with van der Waals surface area (Å²) >= 11 is 0. The van der Waals surface area contributed by atoms with Gasteiger partial charge in [-0.1, -0.05) is 19.1 Å². The van der Waals surface area contributed by atoms with Crippen LogP contribution < -0.4 is 5.32 Å². The Morgan fingerprint density at radius 3 is 2.50 bits per heavy atom. The van der Waals surface area contributed by atoms with Crippen LogP contribution in [0, 0.1) is 5.92 Å². The first-order chi connectivity index (χ1) is 13.4. The average molecular weight is 399 g/mol. The number of aromatic nitrogens is 3. The van der Waals surface area contributed by atoms with Crippen molar-refractivity contribution in [2.75, 3.05) is 33.0 Å². The Labute approximate surface area is 167 Å². The number of carbonyl (C=O) groups excluding carboxylic acids is 2. The summed E-state index contributed by atoms with van der Waals surface area (Å²) in [5, 5.41) is 10.8. The van der Waals surface area contributed by atoms with Crippen molar-refractivity contribution in [3.63, 3.8) is 0 Å². The fourth-order valence-corrected chi connectivity index (χ4v) is 2.37. The number of nitrogens with zero attached hydrogens (tertiary/aromatic N) is 3. The molecule has 1 aromatic heterocycles. The van der Waals surface area contributed by atoms with Crippen LogP contribution >= 0.6 is 0 Å². The monoisotopic (exact) mass is 398 g/mol. The molecule has 0 aliphatic rings. The first-order valence-corrected chi connectivity index (χ1v) is 9.80. The van der Waals surface area contributed by atoms with E-state index in [1.165, 1.54) is 0 Å². The largest absolute Gasteiger partial charge is 0.373 e. The summed E-state index contributed by atoms with van der Waals surface area (Å²) in [5.41, 5.74) is 0.730. The lowest BCUT2D eigenvalue weighted by Crippen LogP contribution is -2.33. The quantitative estimate of drug-likeness (QED) is 0.419. The van der Waals surface area contributed by atoms with Crippen LogP contribution in [0.2, 0.25) is 0 Å². The normalized spacial score (nSPS) is 11.4. The molecule has 0 unspecified atom stereocenters. The fraction of sp³-hybridized carbons (Fsp3) is 0.789. The Hall–Kier alpha value is -1.84. The van der Waals surface area contributed by atoms with Crippen molar-refractivity contribution >= 4 is 11.7 Å². The third kappa shape index (κ3) is 12.5. The zero-order valence-corrected chi connectivity index (χ0v) is 17.5. The minimum atomic E-state index is -0.108. The number of nitrogens with one attached hydrogen (secondary N) is 1. The van der Waals surface area contributed by atoms with Crippen LogP contribution in [0.3, 0.4) is 0 Å². The minimum Gasteiger partial charge on any atom is -0.373 e. The van der Waals surface area contributed by atoms with Gasteiger partial charge in [-0.25, -0.2) is 0 Å². The third-order valence-electron chi connectivity index (χ3n) is 3.47. The van der Waals surface area contributed by atoms with Gasteiger partial charge in [-0.3, -0.25) is 14.3 Å². The zero-order chi connectivity index (χ0) is 20.8. The van der Waals surface area contributed by atoms with Crippen molar-refractivity contribution < 1.29 is 23.8 Å². The van der Waals surface area contributed by atoms with Crippen molar-refractivity contribution in [1.82, 2.24) is 20.3 Å². The lowest BCUT2D eigenvalue weighted by atomic mass is 10.1. The van der Waals surface area contributed by atoms with Crippen LogP contribution in [0.25, 0.3) is 0 Å². The Bertz CT molecular complexity index is 574. The van der Waals surface area contributed by atoms with E-state index in [0.717, 1.165) is 12.1 Å². The number of ketones is 1. The smallest absolute Gasteiger partial charge is 0.246 e. The maximum Gasteiger partial charge on any atom is 0.246 e. The SMILES string of the molecule is CC(C)CC(=O)COCCOCc1cn(CCCOCC(=O)NC(C)C)nn1. The highest BCUT2D eigenvalue weighted by Crippen LogP contribution is 2.01. The summed E-state index contributed by atoms with van der Waals surface area (Å²) in [6.07, 6.45) is 3.09. The van der Waals surface area contributed by atoms with Crippen molar-refractivity contribution in [2.45, 2.75) is 59.7 Å². The third-order valence-corrected chi connectivity index (χ3v) is 3.47. The molecule has 0 saturated carbocycles. The number of Topliss-reactive ketones (excluding diaryl/α,β-unsaturated/α-hetero) is 1. The van der Waals surface area contributed by atoms with E-state index >= 15 is 0 Å². The summed E-state index contributed by atoms with van der Waals surface area (Å²) < 4.78 is 17.8. The highest BCUT2D eigenvalue weighted by atomic mass is 16.5. The fourth-order valence-electron chi connectivity index (χ4n) is 2.37. The lowest BCUT2D eigenvalue weighted by molar-refractivity contribution is -0.126.